The summed E-state index contributed by atoms with van der Waals surface area (Å²) in [5.41, 5.74) is -2.18. The molecule has 0 bridgehead atoms. The van der Waals surface area contributed by atoms with E-state index in [0.29, 0.717) is 6.07 Å². The molecule has 0 aliphatic heterocycles. The first kappa shape index (κ1) is 12.0. The molecule has 1 aromatic heterocycles. The topological polar surface area (TPSA) is 63.0 Å². The second-order valence-corrected chi connectivity index (χ2v) is 2.66. The minimum absolute atomic E-state index is 0.533. The minimum Gasteiger partial charge on any atom is -0.465 e. The van der Waals surface area contributed by atoms with E-state index < -0.39 is 35.2 Å². The van der Waals surface area contributed by atoms with E-state index in [9.17, 15) is 18.0 Å². The number of esters is 1. The van der Waals surface area contributed by atoms with Crippen LogP contribution in [0.2, 0.25) is 0 Å². The van der Waals surface area contributed by atoms with Gasteiger partial charge >= 0.3 is 5.97 Å². The second kappa shape index (κ2) is 4.61. The average molecular weight is 230 g/mol. The third kappa shape index (κ3) is 2.11. The lowest BCUT2D eigenvalue weighted by molar-refractivity contribution is 0.0592. The largest absolute Gasteiger partial charge is 0.465 e. The zero-order chi connectivity index (χ0) is 12.3. The van der Waals surface area contributed by atoms with Gasteiger partial charge in [0.25, 0.3) is 6.43 Å². The number of rotatable bonds is 2. The van der Waals surface area contributed by atoms with Crippen molar-refractivity contribution < 1.29 is 22.7 Å². The number of aromatic nitrogens is 1. The Bertz CT molecular complexity index is 469. The van der Waals surface area contributed by atoms with Crippen LogP contribution in [0.3, 0.4) is 0 Å². The van der Waals surface area contributed by atoms with Crippen LogP contribution in [0, 0.1) is 17.3 Å². The zero-order valence-electron chi connectivity index (χ0n) is 8.00. The summed E-state index contributed by atoms with van der Waals surface area (Å²) in [5, 5.41) is 8.60. The molecule has 84 valence electrons. The number of pyridine rings is 1. The van der Waals surface area contributed by atoms with Gasteiger partial charge in [-0.2, -0.15) is 9.65 Å². The summed E-state index contributed by atoms with van der Waals surface area (Å²) in [6.07, 6.45) is -3.02. The molecule has 0 aliphatic rings. The van der Waals surface area contributed by atoms with E-state index in [1.165, 1.54) is 6.07 Å². The van der Waals surface area contributed by atoms with Crippen molar-refractivity contribution in [3.63, 3.8) is 0 Å². The maximum Gasteiger partial charge on any atom is 0.343 e. The van der Waals surface area contributed by atoms with Gasteiger partial charge in [0, 0.05) is 0 Å². The van der Waals surface area contributed by atoms with E-state index in [1.807, 2.05) is 0 Å². The van der Waals surface area contributed by atoms with Crippen molar-refractivity contribution in [2.45, 2.75) is 6.43 Å². The van der Waals surface area contributed by atoms with Gasteiger partial charge in [0.1, 0.15) is 17.3 Å². The van der Waals surface area contributed by atoms with Crippen LogP contribution in [0.5, 0.6) is 0 Å². The van der Waals surface area contributed by atoms with Crippen LogP contribution < -0.4 is 0 Å². The summed E-state index contributed by atoms with van der Waals surface area (Å²) < 4.78 is 41.8. The van der Waals surface area contributed by atoms with Gasteiger partial charge in [-0.15, -0.1) is 0 Å². The van der Waals surface area contributed by atoms with Gasteiger partial charge in [-0.25, -0.2) is 18.6 Å². The number of halogens is 3. The summed E-state index contributed by atoms with van der Waals surface area (Å²) in [6, 6.07) is 2.09. The first-order valence-electron chi connectivity index (χ1n) is 3.98. The van der Waals surface area contributed by atoms with Crippen molar-refractivity contribution in [3.8, 4) is 6.07 Å². The Labute approximate surface area is 88.3 Å². The van der Waals surface area contributed by atoms with E-state index in [1.54, 1.807) is 0 Å². The monoisotopic (exact) mass is 230 g/mol. The van der Waals surface area contributed by atoms with Crippen LogP contribution in [-0.2, 0) is 4.74 Å². The smallest absolute Gasteiger partial charge is 0.343 e. The number of nitrogens with zero attached hydrogens (tertiary/aromatic N) is 2. The number of ether oxygens (including phenoxy) is 1. The number of nitriles is 1. The minimum atomic E-state index is -3.02. The highest BCUT2D eigenvalue weighted by Crippen LogP contribution is 2.21. The van der Waals surface area contributed by atoms with Crippen molar-refractivity contribution in [2.24, 2.45) is 0 Å². The molecule has 1 aromatic rings. The molecule has 0 fully saturated rings. The third-order valence-electron chi connectivity index (χ3n) is 1.73. The van der Waals surface area contributed by atoms with Crippen molar-refractivity contribution in [1.29, 1.82) is 5.26 Å². The number of methoxy groups -OCH3 is 1. The lowest BCUT2D eigenvalue weighted by atomic mass is 10.1. The van der Waals surface area contributed by atoms with Gasteiger partial charge < -0.3 is 4.74 Å². The van der Waals surface area contributed by atoms with Crippen LogP contribution in [-0.4, -0.2) is 18.1 Å². The average Bonchev–Trinajstić information content (AvgIpc) is 2.26. The Hall–Kier alpha value is -2.10. The van der Waals surface area contributed by atoms with E-state index in [2.05, 4.69) is 9.72 Å². The molecule has 0 aromatic carbocycles. The molecule has 0 aliphatic carbocycles. The number of carbonyl (C=O) groups is 1. The fourth-order valence-electron chi connectivity index (χ4n) is 1.03. The maximum atomic E-state index is 13.2. The van der Waals surface area contributed by atoms with Crippen molar-refractivity contribution in [1.82, 2.24) is 4.98 Å². The van der Waals surface area contributed by atoms with Gasteiger partial charge in [-0.3, -0.25) is 0 Å². The fraction of sp³-hybridized carbons (Fsp3) is 0.222. The highest BCUT2D eigenvalue weighted by molar-refractivity contribution is 5.92. The molecule has 0 unspecified atom stereocenters. The van der Waals surface area contributed by atoms with E-state index >= 15 is 0 Å². The summed E-state index contributed by atoms with van der Waals surface area (Å²) in [5.74, 6) is -2.58. The van der Waals surface area contributed by atoms with Gasteiger partial charge in [-0.1, -0.05) is 0 Å². The molecular formula is C9H5F3N2O2. The molecular weight excluding hydrogens is 225 g/mol. The Balaban J connectivity index is 3.42. The molecule has 0 saturated carbocycles. The van der Waals surface area contributed by atoms with Crippen LogP contribution >= 0.6 is 0 Å². The predicted octanol–water partition coefficient (Wildman–Crippen LogP) is 1.82. The van der Waals surface area contributed by atoms with Gasteiger partial charge in [-0.05, 0) is 6.07 Å². The van der Waals surface area contributed by atoms with Crippen molar-refractivity contribution in [3.05, 3.63) is 28.8 Å². The molecule has 16 heavy (non-hydrogen) atoms. The van der Waals surface area contributed by atoms with Gasteiger partial charge in [0.15, 0.2) is 0 Å². The van der Waals surface area contributed by atoms with Gasteiger partial charge in [0.2, 0.25) is 5.95 Å². The second-order valence-electron chi connectivity index (χ2n) is 2.66. The molecule has 1 heterocycles. The summed E-state index contributed by atoms with van der Waals surface area (Å²) in [7, 11) is 0.976. The highest BCUT2D eigenvalue weighted by atomic mass is 19.3. The molecule has 1 rings (SSSR count). The van der Waals surface area contributed by atoms with Crippen LogP contribution in [0.25, 0.3) is 0 Å². The number of carbonyl (C=O) groups excluding carboxylic acids is 1. The Morgan fingerprint density at radius 3 is 2.69 bits per heavy atom. The van der Waals surface area contributed by atoms with Crippen LogP contribution in [0.4, 0.5) is 13.2 Å². The van der Waals surface area contributed by atoms with E-state index in [4.69, 9.17) is 5.26 Å². The van der Waals surface area contributed by atoms with Crippen molar-refractivity contribution in [2.75, 3.05) is 7.11 Å². The van der Waals surface area contributed by atoms with Crippen molar-refractivity contribution >= 4 is 5.97 Å². The maximum absolute atomic E-state index is 13.2. The molecule has 0 radical (unpaired) electrons. The normalized spacial score (nSPS) is 10.0. The Morgan fingerprint density at radius 2 is 2.25 bits per heavy atom. The lowest BCUT2D eigenvalue weighted by Crippen LogP contribution is -2.11. The molecule has 7 heteroatoms. The molecule has 0 N–H and O–H groups in total. The molecule has 0 atom stereocenters. The number of hydrogen-bond donors (Lipinski definition) is 0. The summed E-state index contributed by atoms with van der Waals surface area (Å²) in [4.78, 5) is 13.9. The quantitative estimate of drug-likeness (QED) is 0.574. The van der Waals surface area contributed by atoms with Gasteiger partial charge in [0.05, 0.1) is 12.7 Å². The predicted molar refractivity (Wildman–Crippen MR) is 45.2 cm³/mol. The standard InChI is InChI=1S/C9H5F3N2O2/c1-16-9(15)6-4(3-13)2-5(7(10)11)14-8(6)12/h2,7H,1H3. The highest BCUT2D eigenvalue weighted by Gasteiger charge is 2.22. The Morgan fingerprint density at radius 1 is 1.62 bits per heavy atom. The molecule has 0 amide bonds. The number of hydrogen-bond acceptors (Lipinski definition) is 4. The molecule has 0 saturated heterocycles. The summed E-state index contributed by atoms with van der Waals surface area (Å²) in [6.45, 7) is 0. The Kier molecular flexibility index (Phi) is 3.45. The molecule has 4 nitrogen and oxygen atoms in total. The van der Waals surface area contributed by atoms with E-state index in [0.717, 1.165) is 7.11 Å². The summed E-state index contributed by atoms with van der Waals surface area (Å²) >= 11 is 0. The SMILES string of the molecule is COC(=O)c1c(C#N)cc(C(F)F)nc1F. The first-order valence-corrected chi connectivity index (χ1v) is 3.98. The van der Waals surface area contributed by atoms with Crippen LogP contribution in [0.15, 0.2) is 6.07 Å². The third-order valence-corrected chi connectivity index (χ3v) is 1.73. The van der Waals surface area contributed by atoms with E-state index in [-0.39, 0.29) is 0 Å². The zero-order valence-corrected chi connectivity index (χ0v) is 8.00. The van der Waals surface area contributed by atoms with Crippen LogP contribution in [0.1, 0.15) is 28.0 Å². The first-order chi connectivity index (χ1) is 7.51. The fourth-order valence-corrected chi connectivity index (χ4v) is 1.03. The number of alkyl halides is 2. The molecule has 0 spiro atoms. The lowest BCUT2D eigenvalue weighted by Gasteiger charge is -2.05.